The number of carbonyl (C=O) groups excluding carboxylic acids is 1. The van der Waals surface area contributed by atoms with Crippen LogP contribution in [-0.2, 0) is 0 Å². The molecule has 6 heteroatoms. The fourth-order valence-corrected chi connectivity index (χ4v) is 2.77. The lowest BCUT2D eigenvalue weighted by Gasteiger charge is -2.13. The predicted octanol–water partition coefficient (Wildman–Crippen LogP) is 4.71. The number of aryl methyl sites for hydroxylation is 1. The molecule has 1 aromatic heterocycles. The van der Waals surface area contributed by atoms with E-state index in [9.17, 15) is 4.79 Å². The third-order valence-electron chi connectivity index (χ3n) is 4.53. The number of benzene rings is 2. The molecule has 0 spiro atoms. The molecule has 144 valence electrons. The topological polar surface area (TPSA) is 72.5 Å². The van der Waals surface area contributed by atoms with Crippen molar-refractivity contribution in [2.24, 2.45) is 0 Å². The van der Waals surface area contributed by atoms with Crippen LogP contribution in [0.5, 0.6) is 11.5 Å². The Hall–Kier alpha value is -3.54. The van der Waals surface area contributed by atoms with E-state index < -0.39 is 0 Å². The summed E-state index contributed by atoms with van der Waals surface area (Å²) in [6.07, 6.45) is 1.59. The zero-order valence-electron chi connectivity index (χ0n) is 16.4. The molecule has 0 aliphatic carbocycles. The molecule has 0 radical (unpaired) electrons. The van der Waals surface area contributed by atoms with E-state index in [2.05, 4.69) is 15.6 Å². The molecule has 2 N–H and O–H groups in total. The standard InChI is InChI=1S/C22H23N3O3/c1-14-6-5-7-18(15(14)2)25-22(26)20-12-16(10-11-23-20)24-19-13-17(27-3)8-9-21(19)28-4/h5-13H,1-4H3,(H,23,24)(H,25,26). The molecule has 0 aliphatic heterocycles. The summed E-state index contributed by atoms with van der Waals surface area (Å²) < 4.78 is 10.7. The van der Waals surface area contributed by atoms with Gasteiger partial charge in [-0.05, 0) is 55.3 Å². The Morgan fingerprint density at radius 3 is 2.54 bits per heavy atom. The Kier molecular flexibility index (Phi) is 5.79. The third-order valence-corrected chi connectivity index (χ3v) is 4.53. The summed E-state index contributed by atoms with van der Waals surface area (Å²) in [5, 5.41) is 6.18. The molecule has 0 atom stereocenters. The number of nitrogens with one attached hydrogen (secondary N) is 2. The monoisotopic (exact) mass is 377 g/mol. The summed E-state index contributed by atoms with van der Waals surface area (Å²) in [4.78, 5) is 16.9. The van der Waals surface area contributed by atoms with Crippen molar-refractivity contribution >= 4 is 23.0 Å². The minimum absolute atomic E-state index is 0.269. The number of ether oxygens (including phenoxy) is 2. The van der Waals surface area contributed by atoms with Crippen LogP contribution in [0.1, 0.15) is 21.6 Å². The SMILES string of the molecule is COc1ccc(OC)c(Nc2ccnc(C(=O)Nc3cccc(C)c3C)c2)c1. The normalized spacial score (nSPS) is 10.3. The second-order valence-electron chi connectivity index (χ2n) is 6.32. The molecule has 0 fully saturated rings. The Morgan fingerprint density at radius 2 is 1.79 bits per heavy atom. The van der Waals surface area contributed by atoms with Gasteiger partial charge in [0, 0.05) is 23.6 Å². The quantitative estimate of drug-likeness (QED) is 0.651. The minimum atomic E-state index is -0.269. The van der Waals surface area contributed by atoms with Crippen molar-refractivity contribution in [3.8, 4) is 11.5 Å². The van der Waals surface area contributed by atoms with Gasteiger partial charge in [0.05, 0.1) is 19.9 Å². The van der Waals surface area contributed by atoms with E-state index in [1.165, 1.54) is 0 Å². The molecule has 3 rings (SSSR count). The predicted molar refractivity (Wildman–Crippen MR) is 111 cm³/mol. The number of hydrogen-bond acceptors (Lipinski definition) is 5. The maximum Gasteiger partial charge on any atom is 0.274 e. The summed E-state index contributed by atoms with van der Waals surface area (Å²) in [7, 11) is 3.20. The maximum absolute atomic E-state index is 12.7. The number of amides is 1. The van der Waals surface area contributed by atoms with Gasteiger partial charge in [-0.15, -0.1) is 0 Å². The second kappa shape index (κ2) is 8.43. The van der Waals surface area contributed by atoms with Gasteiger partial charge in [-0.2, -0.15) is 0 Å². The molecule has 2 aromatic carbocycles. The van der Waals surface area contributed by atoms with Crippen LogP contribution in [0.4, 0.5) is 17.1 Å². The second-order valence-corrected chi connectivity index (χ2v) is 6.32. The first-order valence-corrected chi connectivity index (χ1v) is 8.84. The van der Waals surface area contributed by atoms with Crippen LogP contribution in [-0.4, -0.2) is 25.1 Å². The molecule has 28 heavy (non-hydrogen) atoms. The van der Waals surface area contributed by atoms with Gasteiger partial charge in [0.25, 0.3) is 5.91 Å². The molecular formula is C22H23N3O3. The van der Waals surface area contributed by atoms with E-state index in [0.29, 0.717) is 22.9 Å². The summed E-state index contributed by atoms with van der Waals surface area (Å²) in [6, 6.07) is 14.7. The molecule has 1 heterocycles. The molecule has 1 amide bonds. The lowest BCUT2D eigenvalue weighted by Crippen LogP contribution is -2.14. The number of methoxy groups -OCH3 is 2. The van der Waals surface area contributed by atoms with Gasteiger partial charge in [-0.1, -0.05) is 12.1 Å². The lowest BCUT2D eigenvalue weighted by atomic mass is 10.1. The lowest BCUT2D eigenvalue weighted by molar-refractivity contribution is 0.102. The van der Waals surface area contributed by atoms with Gasteiger partial charge >= 0.3 is 0 Å². The molecular weight excluding hydrogens is 354 g/mol. The summed E-state index contributed by atoms with van der Waals surface area (Å²) >= 11 is 0. The fraction of sp³-hybridized carbons (Fsp3) is 0.182. The highest BCUT2D eigenvalue weighted by molar-refractivity contribution is 6.03. The van der Waals surface area contributed by atoms with Crippen molar-refractivity contribution in [2.45, 2.75) is 13.8 Å². The van der Waals surface area contributed by atoms with Gasteiger partial charge < -0.3 is 20.1 Å². The maximum atomic E-state index is 12.7. The average Bonchev–Trinajstić information content (AvgIpc) is 2.71. The molecule has 0 unspecified atom stereocenters. The van der Waals surface area contributed by atoms with Crippen molar-refractivity contribution in [2.75, 3.05) is 24.9 Å². The highest BCUT2D eigenvalue weighted by Gasteiger charge is 2.12. The van der Waals surface area contributed by atoms with Crippen molar-refractivity contribution < 1.29 is 14.3 Å². The van der Waals surface area contributed by atoms with E-state index in [1.54, 1.807) is 32.5 Å². The van der Waals surface area contributed by atoms with Gasteiger partial charge in [0.1, 0.15) is 17.2 Å². The third kappa shape index (κ3) is 4.23. The van der Waals surface area contributed by atoms with Crippen molar-refractivity contribution in [3.63, 3.8) is 0 Å². The smallest absolute Gasteiger partial charge is 0.274 e. The number of rotatable bonds is 6. The first-order chi connectivity index (χ1) is 13.5. The highest BCUT2D eigenvalue weighted by atomic mass is 16.5. The highest BCUT2D eigenvalue weighted by Crippen LogP contribution is 2.31. The van der Waals surface area contributed by atoms with Crippen LogP contribution in [0.3, 0.4) is 0 Å². The average molecular weight is 377 g/mol. The van der Waals surface area contributed by atoms with Crippen LogP contribution in [0.15, 0.2) is 54.7 Å². The van der Waals surface area contributed by atoms with E-state index in [1.807, 2.05) is 50.2 Å². The van der Waals surface area contributed by atoms with Gasteiger partial charge in [0.15, 0.2) is 0 Å². The number of nitrogens with zero attached hydrogens (tertiary/aromatic N) is 1. The fourth-order valence-electron chi connectivity index (χ4n) is 2.77. The molecule has 6 nitrogen and oxygen atoms in total. The van der Waals surface area contributed by atoms with Crippen LogP contribution in [0.2, 0.25) is 0 Å². The molecule has 3 aromatic rings. The van der Waals surface area contributed by atoms with Crippen molar-refractivity contribution in [1.82, 2.24) is 4.98 Å². The Morgan fingerprint density at radius 1 is 0.964 bits per heavy atom. The number of aromatic nitrogens is 1. The van der Waals surface area contributed by atoms with Gasteiger partial charge in [-0.3, -0.25) is 9.78 Å². The van der Waals surface area contributed by atoms with Crippen molar-refractivity contribution in [1.29, 1.82) is 0 Å². The first-order valence-electron chi connectivity index (χ1n) is 8.84. The number of hydrogen-bond donors (Lipinski definition) is 2. The molecule has 0 bridgehead atoms. The summed E-state index contributed by atoms with van der Waals surface area (Å²) in [5.74, 6) is 1.10. The van der Waals surface area contributed by atoms with Crippen LogP contribution in [0.25, 0.3) is 0 Å². The van der Waals surface area contributed by atoms with Gasteiger partial charge in [-0.25, -0.2) is 0 Å². The molecule has 0 saturated carbocycles. The zero-order chi connectivity index (χ0) is 20.1. The number of carbonyl (C=O) groups is 1. The van der Waals surface area contributed by atoms with E-state index in [-0.39, 0.29) is 5.91 Å². The number of anilines is 3. The van der Waals surface area contributed by atoms with E-state index >= 15 is 0 Å². The molecule has 0 saturated heterocycles. The number of pyridine rings is 1. The largest absolute Gasteiger partial charge is 0.497 e. The van der Waals surface area contributed by atoms with E-state index in [0.717, 1.165) is 22.5 Å². The van der Waals surface area contributed by atoms with E-state index in [4.69, 9.17) is 9.47 Å². The minimum Gasteiger partial charge on any atom is -0.497 e. The van der Waals surface area contributed by atoms with Crippen LogP contribution >= 0.6 is 0 Å². The summed E-state index contributed by atoms with van der Waals surface area (Å²) in [6.45, 7) is 3.99. The Bertz CT molecular complexity index is 1000. The van der Waals surface area contributed by atoms with Crippen LogP contribution < -0.4 is 20.1 Å². The Labute approximate surface area is 164 Å². The van der Waals surface area contributed by atoms with Crippen LogP contribution in [0, 0.1) is 13.8 Å². The zero-order valence-corrected chi connectivity index (χ0v) is 16.4. The first kappa shape index (κ1) is 19.2. The summed E-state index contributed by atoms with van der Waals surface area (Å²) in [5.41, 5.74) is 4.69. The molecule has 0 aliphatic rings. The van der Waals surface area contributed by atoms with Gasteiger partial charge in [0.2, 0.25) is 0 Å². The van der Waals surface area contributed by atoms with Crippen molar-refractivity contribution in [3.05, 3.63) is 71.5 Å². The Balaban J connectivity index is 1.82.